The molecule has 1 atom stereocenters. The quantitative estimate of drug-likeness (QED) is 0.876. The molecule has 0 radical (unpaired) electrons. The molecule has 4 nitrogen and oxygen atoms in total. The van der Waals surface area contributed by atoms with Crippen LogP contribution in [0.2, 0.25) is 0 Å². The summed E-state index contributed by atoms with van der Waals surface area (Å²) in [5, 5.41) is 6.24. The Labute approximate surface area is 115 Å². The van der Waals surface area contributed by atoms with E-state index in [1.165, 1.54) is 6.42 Å². The molecule has 104 valence electrons. The average molecular weight is 261 g/mol. The van der Waals surface area contributed by atoms with E-state index in [2.05, 4.69) is 29.5 Å². The molecule has 4 heteroatoms. The van der Waals surface area contributed by atoms with E-state index in [4.69, 9.17) is 0 Å². The summed E-state index contributed by atoms with van der Waals surface area (Å²) >= 11 is 0. The molecule has 0 aromatic carbocycles. The largest absolute Gasteiger partial charge is 0.384 e. The maximum atomic E-state index is 12.1. The number of hydrogen-bond acceptors (Lipinski definition) is 3. The fourth-order valence-corrected chi connectivity index (χ4v) is 2.66. The summed E-state index contributed by atoms with van der Waals surface area (Å²) in [6, 6.07) is 3.95. The molecule has 1 aliphatic rings. The average Bonchev–Trinajstić information content (AvgIpc) is 2.70. The zero-order valence-electron chi connectivity index (χ0n) is 12.0. The van der Waals surface area contributed by atoms with Gasteiger partial charge in [-0.15, -0.1) is 0 Å². The number of nitrogens with zero attached hydrogens (tertiary/aromatic N) is 1. The van der Waals surface area contributed by atoms with Gasteiger partial charge in [0.25, 0.3) is 5.91 Å². The molecule has 1 aromatic rings. The smallest absolute Gasteiger partial charge is 0.270 e. The molecule has 2 N–H and O–H groups in total. The summed E-state index contributed by atoms with van der Waals surface area (Å²) in [7, 11) is 0. The lowest BCUT2D eigenvalue weighted by Gasteiger charge is -2.17. The molecule has 0 aliphatic heterocycles. The van der Waals surface area contributed by atoms with Gasteiger partial charge in [-0.25, -0.2) is 4.98 Å². The number of carbonyl (C=O) groups is 1. The first-order valence-electron chi connectivity index (χ1n) is 7.01. The Morgan fingerprint density at radius 1 is 1.47 bits per heavy atom. The third-order valence-corrected chi connectivity index (χ3v) is 3.68. The number of aromatic nitrogens is 1. The second-order valence-electron chi connectivity index (χ2n) is 6.04. The van der Waals surface area contributed by atoms with E-state index in [-0.39, 0.29) is 11.9 Å². The Balaban J connectivity index is 1.93. The number of amides is 1. The van der Waals surface area contributed by atoms with Crippen LogP contribution in [0.15, 0.2) is 18.3 Å². The molecule has 1 aromatic heterocycles. The number of anilines is 1. The second-order valence-corrected chi connectivity index (χ2v) is 6.04. The van der Waals surface area contributed by atoms with Crippen molar-refractivity contribution < 1.29 is 4.79 Å². The molecule has 1 amide bonds. The Morgan fingerprint density at radius 3 is 2.79 bits per heavy atom. The topological polar surface area (TPSA) is 54.0 Å². The summed E-state index contributed by atoms with van der Waals surface area (Å²) in [5.74, 6) is -0.0641. The number of rotatable bonds is 4. The van der Waals surface area contributed by atoms with Crippen molar-refractivity contribution >= 4 is 11.6 Å². The fourth-order valence-electron chi connectivity index (χ4n) is 2.66. The van der Waals surface area contributed by atoms with Gasteiger partial charge in [-0.3, -0.25) is 4.79 Å². The molecule has 1 fully saturated rings. The SMILES string of the molecule is CCNc1ccc(C(=O)NC2CCC(C)(C)C2)nc1. The number of pyridine rings is 1. The predicted octanol–water partition coefficient (Wildman–Crippen LogP) is 2.82. The first-order valence-corrected chi connectivity index (χ1v) is 7.01. The summed E-state index contributed by atoms with van der Waals surface area (Å²) in [6.07, 6.45) is 4.99. The molecule has 1 heterocycles. The highest BCUT2D eigenvalue weighted by Crippen LogP contribution is 2.36. The van der Waals surface area contributed by atoms with Gasteiger partial charge >= 0.3 is 0 Å². The molecule has 1 aliphatic carbocycles. The van der Waals surface area contributed by atoms with Crippen LogP contribution in [0.3, 0.4) is 0 Å². The van der Waals surface area contributed by atoms with Crippen LogP contribution in [0.25, 0.3) is 0 Å². The van der Waals surface area contributed by atoms with Crippen LogP contribution in [0.5, 0.6) is 0 Å². The number of nitrogens with one attached hydrogen (secondary N) is 2. The van der Waals surface area contributed by atoms with Gasteiger partial charge in [0.05, 0.1) is 11.9 Å². The Bertz CT molecular complexity index is 439. The van der Waals surface area contributed by atoms with Crippen molar-refractivity contribution in [2.24, 2.45) is 5.41 Å². The zero-order valence-corrected chi connectivity index (χ0v) is 12.0. The van der Waals surface area contributed by atoms with Gasteiger partial charge in [0.1, 0.15) is 5.69 Å². The Hall–Kier alpha value is -1.58. The maximum absolute atomic E-state index is 12.1. The van der Waals surface area contributed by atoms with Crippen LogP contribution in [0.1, 0.15) is 50.5 Å². The number of carbonyl (C=O) groups excluding carboxylic acids is 1. The number of hydrogen-bond donors (Lipinski definition) is 2. The van der Waals surface area contributed by atoms with E-state index < -0.39 is 0 Å². The first-order chi connectivity index (χ1) is 9.00. The standard InChI is InChI=1S/C15H23N3O/c1-4-16-12-5-6-13(17-10-12)14(19)18-11-7-8-15(2,3)9-11/h5-6,10-11,16H,4,7-9H2,1-3H3,(H,18,19). The molecule has 1 saturated carbocycles. The van der Waals surface area contributed by atoms with Crippen LogP contribution < -0.4 is 10.6 Å². The lowest BCUT2D eigenvalue weighted by Crippen LogP contribution is -2.34. The van der Waals surface area contributed by atoms with Crippen LogP contribution in [-0.4, -0.2) is 23.5 Å². The lowest BCUT2D eigenvalue weighted by atomic mass is 9.92. The summed E-state index contributed by atoms with van der Waals surface area (Å²) in [6.45, 7) is 7.39. The normalized spacial score (nSPS) is 21.1. The summed E-state index contributed by atoms with van der Waals surface area (Å²) in [4.78, 5) is 16.3. The zero-order chi connectivity index (χ0) is 13.9. The van der Waals surface area contributed by atoms with Gasteiger partial charge in [-0.1, -0.05) is 13.8 Å². The minimum absolute atomic E-state index is 0.0641. The highest BCUT2D eigenvalue weighted by Gasteiger charge is 2.31. The van der Waals surface area contributed by atoms with E-state index in [1.807, 2.05) is 13.0 Å². The van der Waals surface area contributed by atoms with Gasteiger partial charge in [0.2, 0.25) is 0 Å². The van der Waals surface area contributed by atoms with Crippen molar-refractivity contribution in [1.82, 2.24) is 10.3 Å². The van der Waals surface area contributed by atoms with Crippen molar-refractivity contribution in [2.75, 3.05) is 11.9 Å². The van der Waals surface area contributed by atoms with E-state index in [0.717, 1.165) is 25.1 Å². The van der Waals surface area contributed by atoms with E-state index in [1.54, 1.807) is 12.3 Å². The van der Waals surface area contributed by atoms with Crippen LogP contribution in [0.4, 0.5) is 5.69 Å². The molecular weight excluding hydrogens is 238 g/mol. The van der Waals surface area contributed by atoms with E-state index in [9.17, 15) is 4.79 Å². The summed E-state index contributed by atoms with van der Waals surface area (Å²) in [5.41, 5.74) is 1.78. The Kier molecular flexibility index (Phi) is 4.08. The molecule has 1 unspecified atom stereocenters. The molecule has 0 spiro atoms. The van der Waals surface area contributed by atoms with E-state index >= 15 is 0 Å². The van der Waals surface area contributed by atoms with Gasteiger partial charge in [-0.2, -0.15) is 0 Å². The minimum Gasteiger partial charge on any atom is -0.384 e. The van der Waals surface area contributed by atoms with Crippen molar-refractivity contribution in [1.29, 1.82) is 0 Å². The van der Waals surface area contributed by atoms with Gasteiger partial charge in [0.15, 0.2) is 0 Å². The lowest BCUT2D eigenvalue weighted by molar-refractivity contribution is 0.0931. The molecule has 2 rings (SSSR count). The fraction of sp³-hybridized carbons (Fsp3) is 0.600. The highest BCUT2D eigenvalue weighted by atomic mass is 16.1. The van der Waals surface area contributed by atoms with Crippen LogP contribution >= 0.6 is 0 Å². The molecule has 0 bridgehead atoms. The minimum atomic E-state index is -0.0641. The van der Waals surface area contributed by atoms with Crippen molar-refractivity contribution in [3.63, 3.8) is 0 Å². The van der Waals surface area contributed by atoms with Crippen molar-refractivity contribution in [3.05, 3.63) is 24.0 Å². The van der Waals surface area contributed by atoms with Crippen LogP contribution in [0, 0.1) is 5.41 Å². The third-order valence-electron chi connectivity index (χ3n) is 3.68. The molecule has 19 heavy (non-hydrogen) atoms. The Morgan fingerprint density at radius 2 is 2.26 bits per heavy atom. The third kappa shape index (κ3) is 3.69. The first kappa shape index (κ1) is 13.8. The van der Waals surface area contributed by atoms with Crippen molar-refractivity contribution in [2.45, 2.75) is 46.1 Å². The van der Waals surface area contributed by atoms with Crippen molar-refractivity contribution in [3.8, 4) is 0 Å². The monoisotopic (exact) mass is 261 g/mol. The van der Waals surface area contributed by atoms with Gasteiger partial charge < -0.3 is 10.6 Å². The molecule has 0 saturated heterocycles. The highest BCUT2D eigenvalue weighted by molar-refractivity contribution is 5.92. The predicted molar refractivity (Wildman–Crippen MR) is 77.3 cm³/mol. The molecular formula is C15H23N3O. The second kappa shape index (κ2) is 5.59. The van der Waals surface area contributed by atoms with Crippen LogP contribution in [-0.2, 0) is 0 Å². The van der Waals surface area contributed by atoms with E-state index in [0.29, 0.717) is 11.1 Å². The maximum Gasteiger partial charge on any atom is 0.270 e. The van der Waals surface area contributed by atoms with Gasteiger partial charge in [-0.05, 0) is 43.7 Å². The summed E-state index contributed by atoms with van der Waals surface area (Å²) < 4.78 is 0. The van der Waals surface area contributed by atoms with Gasteiger partial charge in [0, 0.05) is 12.6 Å².